The summed E-state index contributed by atoms with van der Waals surface area (Å²) in [5.41, 5.74) is 19.4. The summed E-state index contributed by atoms with van der Waals surface area (Å²) in [4.78, 5) is 15.6. The lowest BCUT2D eigenvalue weighted by atomic mass is 9.64. The Kier molecular flexibility index (Phi) is 8.22. The minimum absolute atomic E-state index is 0.555. The monoisotopic (exact) mass is 725 g/mol. The smallest absolute Gasteiger partial charge is 0.167 e. The van der Waals surface area contributed by atoms with Gasteiger partial charge in [-0.3, -0.25) is 0 Å². The maximum absolute atomic E-state index is 6.82. The zero-order valence-corrected chi connectivity index (χ0v) is 33.2. The Morgan fingerprint density at radius 1 is 0.351 bits per heavy atom. The summed E-state index contributed by atoms with van der Waals surface area (Å²) >= 11 is 0. The largest absolute Gasteiger partial charge is 0.457 e. The molecule has 0 aliphatic heterocycles. The number of fused-ring (bicyclic) bond motifs is 6. The average molecular weight is 724 g/mol. The minimum atomic E-state index is 0.555. The molecule has 0 radical (unpaired) electrons. The van der Waals surface area contributed by atoms with Crippen molar-refractivity contribution >= 4 is 137 Å². The van der Waals surface area contributed by atoms with Crippen LogP contribution in [0.25, 0.3) is 100 Å². The predicted octanol–water partition coefficient (Wildman–Crippen LogP) is -0.186. The molecule has 0 saturated carbocycles. The maximum atomic E-state index is 6.82. The highest BCUT2D eigenvalue weighted by Crippen LogP contribution is 2.37. The van der Waals surface area contributed by atoms with Gasteiger partial charge in [-0.1, -0.05) is 136 Å². The molecule has 0 unspecified atom stereocenters. The highest BCUT2D eigenvalue weighted by atomic mass is 16.3. The topological polar surface area (TPSA) is 65.0 Å². The van der Waals surface area contributed by atoms with Crippen LogP contribution in [0, 0.1) is 0 Å². The van der Waals surface area contributed by atoms with Crippen LogP contribution in [0.4, 0.5) is 0 Å². The number of rotatable bonds is 5. The van der Waals surface area contributed by atoms with Crippen LogP contribution in [0.2, 0.25) is 0 Å². The first kappa shape index (κ1) is 35.0. The lowest BCUT2D eigenvalue weighted by molar-refractivity contribution is 0.669. The van der Waals surface area contributed by atoms with Crippen molar-refractivity contribution in [2.75, 3.05) is 0 Å². The van der Waals surface area contributed by atoms with Crippen LogP contribution in [0.3, 0.4) is 0 Å². The SMILES string of the molecule is Bc1c(B)c(B)c2c(oc3c(B)c(B)c(B)c(-c4cccc(-c5nc(-c6ccc(-c7ccccc7)cc6)nc(-c6cccc7c6oc6ccccc67)n5)c4)c32)c1B. The molecule has 5 nitrogen and oxygen atoms in total. The van der Waals surface area contributed by atoms with Crippen molar-refractivity contribution < 1.29 is 8.83 Å². The fraction of sp³-hybridized carbons (Fsp3) is 0. The van der Waals surface area contributed by atoms with Gasteiger partial charge in [0.2, 0.25) is 0 Å². The highest BCUT2D eigenvalue weighted by molar-refractivity contribution is 6.68. The van der Waals surface area contributed by atoms with Crippen molar-refractivity contribution in [3.8, 4) is 56.4 Å². The molecule has 3 aromatic heterocycles. The molecule has 0 bridgehead atoms. The highest BCUT2D eigenvalue weighted by Gasteiger charge is 2.24. The molecule has 10 aromatic rings. The fourth-order valence-electron chi connectivity index (χ4n) is 8.60. The molecule has 0 N–H and O–H groups in total. The first-order valence-electron chi connectivity index (χ1n) is 19.5. The Bertz CT molecular complexity index is 3270. The number of nitrogens with zero attached hydrogens (tertiary/aromatic N) is 3. The number of hydrogen-bond donors (Lipinski definition) is 0. The number of benzene rings is 7. The Hall–Kier alpha value is -6.40. The van der Waals surface area contributed by atoms with Crippen molar-refractivity contribution in [2.24, 2.45) is 0 Å². The zero-order valence-electron chi connectivity index (χ0n) is 33.2. The molecule has 7 aromatic carbocycles. The Morgan fingerprint density at radius 3 is 1.67 bits per heavy atom. The normalized spacial score (nSPS) is 11.6. The summed E-state index contributed by atoms with van der Waals surface area (Å²) in [6.07, 6.45) is 0. The summed E-state index contributed by atoms with van der Waals surface area (Å²) in [5, 5.41) is 4.45. The van der Waals surface area contributed by atoms with E-state index in [0.717, 1.165) is 66.5 Å². The molecule has 0 amide bonds. The van der Waals surface area contributed by atoms with Crippen LogP contribution in [-0.2, 0) is 0 Å². The van der Waals surface area contributed by atoms with E-state index in [1.807, 2.05) is 36.4 Å². The molecule has 12 heteroatoms. The van der Waals surface area contributed by atoms with Crippen molar-refractivity contribution in [2.45, 2.75) is 0 Å². The molecule has 0 atom stereocenters. The van der Waals surface area contributed by atoms with Crippen molar-refractivity contribution in [3.63, 3.8) is 0 Å². The molecular formula is C45H34B7N3O2. The van der Waals surface area contributed by atoms with Gasteiger partial charge in [-0.15, -0.1) is 5.46 Å². The maximum Gasteiger partial charge on any atom is 0.167 e. The van der Waals surface area contributed by atoms with Crippen LogP contribution in [0.1, 0.15) is 0 Å². The lowest BCUT2D eigenvalue weighted by Crippen LogP contribution is -2.47. The van der Waals surface area contributed by atoms with E-state index in [1.54, 1.807) is 0 Å². The lowest BCUT2D eigenvalue weighted by Gasteiger charge is -2.17. The van der Waals surface area contributed by atoms with E-state index in [0.29, 0.717) is 17.5 Å². The third-order valence-electron chi connectivity index (χ3n) is 12.3. The van der Waals surface area contributed by atoms with Gasteiger partial charge in [0.05, 0.1) is 5.56 Å². The fourth-order valence-corrected chi connectivity index (χ4v) is 8.60. The number of furan rings is 2. The van der Waals surface area contributed by atoms with Gasteiger partial charge in [0, 0.05) is 32.7 Å². The average Bonchev–Trinajstić information content (AvgIpc) is 3.84. The molecule has 0 spiro atoms. The van der Waals surface area contributed by atoms with Gasteiger partial charge >= 0.3 is 0 Å². The van der Waals surface area contributed by atoms with E-state index in [2.05, 4.69) is 140 Å². The molecule has 262 valence electrons. The Labute approximate surface area is 337 Å². The second-order valence-corrected chi connectivity index (χ2v) is 15.4. The molecule has 10 rings (SSSR count). The van der Waals surface area contributed by atoms with E-state index in [9.17, 15) is 0 Å². The summed E-state index contributed by atoms with van der Waals surface area (Å²) in [5.74, 6) is 1.74. The Morgan fingerprint density at radius 2 is 0.895 bits per heavy atom. The van der Waals surface area contributed by atoms with Crippen LogP contribution < -0.4 is 38.2 Å². The molecular weight excluding hydrogens is 690 g/mol. The van der Waals surface area contributed by atoms with Crippen LogP contribution in [-0.4, -0.2) is 69.9 Å². The third kappa shape index (κ3) is 5.53. The van der Waals surface area contributed by atoms with Gasteiger partial charge in [-0.2, -0.15) is 0 Å². The van der Waals surface area contributed by atoms with Gasteiger partial charge in [0.15, 0.2) is 17.5 Å². The predicted molar refractivity (Wildman–Crippen MR) is 259 cm³/mol. The van der Waals surface area contributed by atoms with E-state index in [4.69, 9.17) is 23.8 Å². The number of para-hydroxylation sites is 2. The zero-order chi connectivity index (χ0) is 39.1. The first-order chi connectivity index (χ1) is 27.7. The van der Waals surface area contributed by atoms with Crippen molar-refractivity contribution in [1.82, 2.24) is 15.0 Å². The van der Waals surface area contributed by atoms with Crippen molar-refractivity contribution in [1.29, 1.82) is 0 Å². The van der Waals surface area contributed by atoms with Crippen LogP contribution in [0.15, 0.2) is 130 Å². The summed E-state index contributed by atoms with van der Waals surface area (Å²) in [6.45, 7) is 0. The van der Waals surface area contributed by atoms with Crippen LogP contribution in [0.5, 0.6) is 0 Å². The van der Waals surface area contributed by atoms with E-state index in [1.165, 1.54) is 54.6 Å². The molecule has 3 heterocycles. The van der Waals surface area contributed by atoms with E-state index >= 15 is 0 Å². The van der Waals surface area contributed by atoms with E-state index in [-0.39, 0.29) is 0 Å². The minimum Gasteiger partial charge on any atom is -0.457 e. The second kappa shape index (κ2) is 13.4. The van der Waals surface area contributed by atoms with Gasteiger partial charge in [0.1, 0.15) is 77.3 Å². The molecule has 0 saturated heterocycles. The number of hydrogen-bond acceptors (Lipinski definition) is 5. The molecule has 57 heavy (non-hydrogen) atoms. The van der Waals surface area contributed by atoms with Gasteiger partial charge < -0.3 is 8.83 Å². The van der Waals surface area contributed by atoms with Gasteiger partial charge in [-0.05, 0) is 40.5 Å². The Balaban J connectivity index is 1.20. The summed E-state index contributed by atoms with van der Waals surface area (Å²) < 4.78 is 13.3. The summed E-state index contributed by atoms with van der Waals surface area (Å²) in [6, 6.07) is 41.8. The summed E-state index contributed by atoms with van der Waals surface area (Å²) in [7, 11) is 15.4. The van der Waals surface area contributed by atoms with E-state index < -0.39 is 0 Å². The quantitative estimate of drug-likeness (QED) is 0.231. The molecule has 0 aliphatic carbocycles. The van der Waals surface area contributed by atoms with Gasteiger partial charge in [-0.25, -0.2) is 15.0 Å². The third-order valence-corrected chi connectivity index (χ3v) is 12.3. The molecule has 0 fully saturated rings. The van der Waals surface area contributed by atoms with Crippen LogP contribution >= 0.6 is 0 Å². The second-order valence-electron chi connectivity index (χ2n) is 15.4. The standard InChI is InChI=1S/C45H34B7N3O2/c46-33-30(31-32-34(47)35(48)37(50)39(52)42(32)57-41(31)38(51)36(33)49)24-10-6-11-25(20-24)44-53-43(23-18-16-22(17-19-23)21-8-2-1-3-9-21)54-45(55-44)28-14-7-13-27-26-12-4-5-15-29(26)56-40(27)28/h1-20H,46-52H2. The first-order valence-corrected chi connectivity index (χ1v) is 19.5. The van der Waals surface area contributed by atoms with Crippen molar-refractivity contribution in [3.05, 3.63) is 121 Å². The van der Waals surface area contributed by atoms with Gasteiger partial charge in [0.25, 0.3) is 0 Å². The number of aromatic nitrogens is 3. The molecule has 0 aliphatic rings.